The van der Waals surface area contributed by atoms with E-state index in [4.69, 9.17) is 4.74 Å². The van der Waals surface area contributed by atoms with Gasteiger partial charge in [0, 0.05) is 24.5 Å². The van der Waals surface area contributed by atoms with E-state index < -0.39 is 0 Å². The number of methoxy groups -OCH3 is 1. The van der Waals surface area contributed by atoms with Gasteiger partial charge in [-0.05, 0) is 6.07 Å². The van der Waals surface area contributed by atoms with E-state index in [-0.39, 0.29) is 0 Å². The molecule has 64 valence electrons. The van der Waals surface area contributed by atoms with E-state index in [2.05, 4.69) is 16.9 Å². The lowest BCUT2D eigenvalue weighted by Gasteiger charge is -2.03. The van der Waals surface area contributed by atoms with E-state index in [0.717, 1.165) is 12.2 Å². The van der Waals surface area contributed by atoms with Gasteiger partial charge in [0.2, 0.25) is 5.88 Å². The Balaban J connectivity index is 2.65. The number of pyridine rings is 1. The van der Waals surface area contributed by atoms with Crippen LogP contribution in [0.3, 0.4) is 0 Å². The fourth-order valence-corrected chi connectivity index (χ4v) is 0.821. The second kappa shape index (κ2) is 4.38. The number of hydrogen-bond acceptors (Lipinski definition) is 3. The first-order chi connectivity index (χ1) is 5.86. The Kier molecular flexibility index (Phi) is 3.14. The van der Waals surface area contributed by atoms with Crippen LogP contribution >= 0.6 is 0 Å². The van der Waals surface area contributed by atoms with Crippen molar-refractivity contribution in [1.82, 2.24) is 4.98 Å². The normalized spacial score (nSPS) is 9.08. The molecule has 3 heteroatoms. The van der Waals surface area contributed by atoms with Gasteiger partial charge in [0.05, 0.1) is 7.11 Å². The molecule has 1 rings (SSSR count). The number of rotatable bonds is 4. The Morgan fingerprint density at radius 3 is 3.25 bits per heavy atom. The lowest BCUT2D eigenvalue weighted by molar-refractivity contribution is 0.398. The van der Waals surface area contributed by atoms with E-state index in [0.29, 0.717) is 5.88 Å². The Bertz CT molecular complexity index is 260. The van der Waals surface area contributed by atoms with Crippen molar-refractivity contribution in [2.24, 2.45) is 0 Å². The van der Waals surface area contributed by atoms with Gasteiger partial charge in [0.15, 0.2) is 0 Å². The highest BCUT2D eigenvalue weighted by molar-refractivity contribution is 5.45. The fourth-order valence-electron chi connectivity index (χ4n) is 0.821. The molecule has 12 heavy (non-hydrogen) atoms. The molecule has 0 saturated carbocycles. The van der Waals surface area contributed by atoms with Gasteiger partial charge in [0.25, 0.3) is 0 Å². The highest BCUT2D eigenvalue weighted by atomic mass is 16.5. The van der Waals surface area contributed by atoms with Crippen molar-refractivity contribution >= 4 is 5.69 Å². The molecule has 0 amide bonds. The molecule has 0 atom stereocenters. The highest BCUT2D eigenvalue weighted by Crippen LogP contribution is 2.12. The molecule has 1 aromatic heterocycles. The van der Waals surface area contributed by atoms with Crippen LogP contribution < -0.4 is 10.1 Å². The van der Waals surface area contributed by atoms with Crippen LogP contribution in [-0.2, 0) is 0 Å². The molecule has 0 bridgehead atoms. The third kappa shape index (κ3) is 2.27. The lowest BCUT2D eigenvalue weighted by Crippen LogP contribution is -1.98. The Labute approximate surface area is 72.1 Å². The van der Waals surface area contributed by atoms with Crippen LogP contribution in [0.1, 0.15) is 0 Å². The van der Waals surface area contributed by atoms with Crippen LogP contribution in [0.5, 0.6) is 5.88 Å². The molecule has 0 spiro atoms. The van der Waals surface area contributed by atoms with Gasteiger partial charge in [-0.25, -0.2) is 4.98 Å². The van der Waals surface area contributed by atoms with Gasteiger partial charge in [-0.2, -0.15) is 0 Å². The maximum absolute atomic E-state index is 4.96. The van der Waals surface area contributed by atoms with Crippen LogP contribution in [-0.4, -0.2) is 18.6 Å². The molecule has 1 N–H and O–H groups in total. The van der Waals surface area contributed by atoms with Crippen molar-refractivity contribution in [2.45, 2.75) is 0 Å². The SMILES string of the molecule is C=CCNc1ccnc(OC)c1. The Morgan fingerprint density at radius 1 is 1.75 bits per heavy atom. The molecule has 3 nitrogen and oxygen atoms in total. The monoisotopic (exact) mass is 164 g/mol. The van der Waals surface area contributed by atoms with Gasteiger partial charge in [-0.15, -0.1) is 6.58 Å². The molecule has 0 aromatic carbocycles. The minimum atomic E-state index is 0.615. The smallest absolute Gasteiger partial charge is 0.214 e. The van der Waals surface area contributed by atoms with Crippen LogP contribution in [0.25, 0.3) is 0 Å². The highest BCUT2D eigenvalue weighted by Gasteiger charge is 1.93. The quantitative estimate of drug-likeness (QED) is 0.687. The summed E-state index contributed by atoms with van der Waals surface area (Å²) in [6, 6.07) is 3.72. The van der Waals surface area contributed by atoms with E-state index in [1.54, 1.807) is 19.4 Å². The summed E-state index contributed by atoms with van der Waals surface area (Å²) in [7, 11) is 1.60. The molecular formula is C9H12N2O. The summed E-state index contributed by atoms with van der Waals surface area (Å²) in [5.74, 6) is 0.615. The lowest BCUT2D eigenvalue weighted by atomic mass is 10.4. The molecule has 0 radical (unpaired) electrons. The van der Waals surface area contributed by atoms with Crippen LogP contribution in [0.2, 0.25) is 0 Å². The molecule has 0 aliphatic rings. The third-order valence-corrected chi connectivity index (χ3v) is 1.39. The summed E-state index contributed by atoms with van der Waals surface area (Å²) < 4.78 is 4.96. The maximum Gasteiger partial charge on any atom is 0.214 e. The topological polar surface area (TPSA) is 34.2 Å². The Morgan fingerprint density at radius 2 is 2.58 bits per heavy atom. The zero-order valence-electron chi connectivity index (χ0n) is 7.08. The van der Waals surface area contributed by atoms with E-state index in [1.165, 1.54) is 0 Å². The zero-order valence-corrected chi connectivity index (χ0v) is 7.08. The van der Waals surface area contributed by atoms with Gasteiger partial charge in [-0.3, -0.25) is 0 Å². The van der Waals surface area contributed by atoms with Gasteiger partial charge >= 0.3 is 0 Å². The van der Waals surface area contributed by atoms with Crippen molar-refractivity contribution in [3.63, 3.8) is 0 Å². The average molecular weight is 164 g/mol. The maximum atomic E-state index is 4.96. The summed E-state index contributed by atoms with van der Waals surface area (Å²) in [6.45, 7) is 4.35. The summed E-state index contributed by atoms with van der Waals surface area (Å²) >= 11 is 0. The zero-order chi connectivity index (χ0) is 8.81. The number of nitrogens with zero attached hydrogens (tertiary/aromatic N) is 1. The third-order valence-electron chi connectivity index (χ3n) is 1.39. The predicted molar refractivity (Wildman–Crippen MR) is 49.5 cm³/mol. The molecule has 0 aliphatic carbocycles. The molecule has 0 aliphatic heterocycles. The summed E-state index contributed by atoms with van der Waals surface area (Å²) in [4.78, 5) is 3.98. The van der Waals surface area contributed by atoms with E-state index in [9.17, 15) is 0 Å². The van der Waals surface area contributed by atoms with E-state index >= 15 is 0 Å². The summed E-state index contributed by atoms with van der Waals surface area (Å²) in [5.41, 5.74) is 0.988. The van der Waals surface area contributed by atoms with Crippen LogP contribution in [0.4, 0.5) is 5.69 Å². The minimum Gasteiger partial charge on any atom is -0.481 e. The molecule has 0 unspecified atom stereocenters. The number of aromatic nitrogens is 1. The number of nitrogens with one attached hydrogen (secondary N) is 1. The Hall–Kier alpha value is -1.51. The van der Waals surface area contributed by atoms with Crippen molar-refractivity contribution in [2.75, 3.05) is 19.0 Å². The van der Waals surface area contributed by atoms with Crippen molar-refractivity contribution in [1.29, 1.82) is 0 Å². The predicted octanol–water partition coefficient (Wildman–Crippen LogP) is 1.69. The average Bonchev–Trinajstić information content (AvgIpc) is 2.15. The molecule has 0 fully saturated rings. The second-order valence-corrected chi connectivity index (χ2v) is 2.26. The molecule has 1 aromatic rings. The van der Waals surface area contributed by atoms with Gasteiger partial charge in [0.1, 0.15) is 0 Å². The van der Waals surface area contributed by atoms with Crippen molar-refractivity contribution in [3.8, 4) is 5.88 Å². The fraction of sp³-hybridized carbons (Fsp3) is 0.222. The minimum absolute atomic E-state index is 0.615. The molecule has 0 saturated heterocycles. The number of hydrogen-bond donors (Lipinski definition) is 1. The largest absolute Gasteiger partial charge is 0.481 e. The summed E-state index contributed by atoms with van der Waals surface area (Å²) in [6.07, 6.45) is 3.50. The first kappa shape index (κ1) is 8.59. The summed E-state index contributed by atoms with van der Waals surface area (Å²) in [5, 5.41) is 3.13. The van der Waals surface area contributed by atoms with Crippen LogP contribution in [0.15, 0.2) is 31.0 Å². The van der Waals surface area contributed by atoms with Crippen molar-refractivity contribution < 1.29 is 4.74 Å². The molecule has 1 heterocycles. The number of ether oxygens (including phenoxy) is 1. The van der Waals surface area contributed by atoms with Gasteiger partial charge in [-0.1, -0.05) is 6.08 Å². The first-order valence-electron chi connectivity index (χ1n) is 3.71. The first-order valence-corrected chi connectivity index (χ1v) is 3.71. The van der Waals surface area contributed by atoms with E-state index in [1.807, 2.05) is 12.1 Å². The van der Waals surface area contributed by atoms with Crippen LogP contribution in [0, 0.1) is 0 Å². The van der Waals surface area contributed by atoms with Crippen molar-refractivity contribution in [3.05, 3.63) is 31.0 Å². The second-order valence-electron chi connectivity index (χ2n) is 2.26. The number of anilines is 1. The van der Waals surface area contributed by atoms with Gasteiger partial charge < -0.3 is 10.1 Å². The standard InChI is InChI=1S/C9H12N2O/c1-3-5-10-8-4-6-11-9(7-8)12-2/h3-4,6-7H,1,5H2,2H3,(H,10,11). The molecular weight excluding hydrogens is 152 g/mol.